The Hall–Kier alpha value is -4.14. The van der Waals surface area contributed by atoms with Gasteiger partial charge in [-0.05, 0) is 34.9 Å². The van der Waals surface area contributed by atoms with E-state index in [2.05, 4.69) is 46.0 Å². The van der Waals surface area contributed by atoms with Gasteiger partial charge in [-0.1, -0.05) is 29.1 Å². The molecule has 0 aliphatic rings. The van der Waals surface area contributed by atoms with Gasteiger partial charge >= 0.3 is 0 Å². The minimum atomic E-state index is -0.610. The molecule has 3 heterocycles. The summed E-state index contributed by atoms with van der Waals surface area (Å²) in [6, 6.07) is 5.72. The van der Waals surface area contributed by atoms with Crippen LogP contribution in [0.25, 0.3) is 5.82 Å². The van der Waals surface area contributed by atoms with Crippen molar-refractivity contribution in [3.63, 3.8) is 0 Å². The number of hydrogen-bond acceptors (Lipinski definition) is 11. The molecule has 1 aromatic carbocycles. The molecule has 1 amide bonds. The SMILES string of the molecule is CC(=NNC(=O)c1nnn(-c2nonc2N)c1CSc1nncn1C)c1ccc(F)cc1. The number of rotatable bonds is 7. The first-order valence-corrected chi connectivity index (χ1v) is 10.0. The van der Waals surface area contributed by atoms with Crippen LogP contribution in [0.4, 0.5) is 10.2 Å². The van der Waals surface area contributed by atoms with Gasteiger partial charge in [-0.15, -0.1) is 15.3 Å². The van der Waals surface area contributed by atoms with E-state index in [1.807, 2.05) is 0 Å². The lowest BCUT2D eigenvalue weighted by molar-refractivity contribution is 0.0949. The van der Waals surface area contributed by atoms with Gasteiger partial charge in [0.25, 0.3) is 5.91 Å². The lowest BCUT2D eigenvalue weighted by Gasteiger charge is -2.06. The number of nitrogens with two attached hydrogens (primary N) is 1. The van der Waals surface area contributed by atoms with Crippen molar-refractivity contribution < 1.29 is 13.8 Å². The van der Waals surface area contributed by atoms with Crippen LogP contribution in [-0.2, 0) is 12.8 Å². The highest BCUT2D eigenvalue weighted by molar-refractivity contribution is 7.98. The van der Waals surface area contributed by atoms with Crippen LogP contribution in [0.5, 0.6) is 0 Å². The molecule has 0 atom stereocenters. The van der Waals surface area contributed by atoms with Crippen molar-refractivity contribution >= 4 is 29.2 Å². The Bertz CT molecular complexity index is 1280. The zero-order valence-electron chi connectivity index (χ0n) is 16.8. The van der Waals surface area contributed by atoms with Gasteiger partial charge in [-0.25, -0.2) is 14.4 Å². The molecule has 0 aliphatic heterocycles. The molecule has 0 saturated carbocycles. The van der Waals surface area contributed by atoms with E-state index >= 15 is 0 Å². The number of hydrogen-bond donors (Lipinski definition) is 2. The summed E-state index contributed by atoms with van der Waals surface area (Å²) >= 11 is 1.30. The molecule has 0 spiro atoms. The summed E-state index contributed by atoms with van der Waals surface area (Å²) < 4.78 is 20.7. The number of halogens is 1. The number of anilines is 1. The largest absolute Gasteiger partial charge is 0.378 e. The number of aryl methyl sites for hydroxylation is 1. The van der Waals surface area contributed by atoms with E-state index in [4.69, 9.17) is 5.73 Å². The maximum absolute atomic E-state index is 13.1. The van der Waals surface area contributed by atoms with Crippen LogP contribution in [0.3, 0.4) is 0 Å². The zero-order chi connectivity index (χ0) is 22.7. The van der Waals surface area contributed by atoms with Gasteiger partial charge in [-0.3, -0.25) is 4.79 Å². The molecule has 3 aromatic heterocycles. The summed E-state index contributed by atoms with van der Waals surface area (Å²) in [5.74, 6) is -0.668. The van der Waals surface area contributed by atoms with Gasteiger partial charge in [0.2, 0.25) is 11.6 Å². The lowest BCUT2D eigenvalue weighted by atomic mass is 10.1. The maximum Gasteiger partial charge on any atom is 0.293 e. The number of benzene rings is 1. The molecule has 4 rings (SSSR count). The fourth-order valence-corrected chi connectivity index (χ4v) is 3.48. The Kier molecular flexibility index (Phi) is 5.89. The molecule has 3 N–H and O–H groups in total. The van der Waals surface area contributed by atoms with Crippen LogP contribution in [0.1, 0.15) is 28.7 Å². The molecule has 0 unspecified atom stereocenters. The number of thioether (sulfide) groups is 1. The Balaban J connectivity index is 1.60. The first kappa shape index (κ1) is 21.1. The number of nitrogen functional groups attached to an aromatic ring is 1. The second kappa shape index (κ2) is 8.93. The molecule has 32 heavy (non-hydrogen) atoms. The number of amides is 1. The number of carbonyl (C=O) groups excluding carboxylic acids is 1. The molecule has 13 nitrogen and oxygen atoms in total. The summed E-state index contributed by atoms with van der Waals surface area (Å²) in [4.78, 5) is 12.8. The third-order valence-corrected chi connectivity index (χ3v) is 5.32. The quantitative estimate of drug-likeness (QED) is 0.231. The third-order valence-electron chi connectivity index (χ3n) is 4.27. The van der Waals surface area contributed by atoms with E-state index in [0.717, 1.165) is 0 Å². The predicted octanol–water partition coefficient (Wildman–Crippen LogP) is 0.946. The number of nitrogens with zero attached hydrogens (tertiary/aromatic N) is 9. The Morgan fingerprint density at radius 1 is 1.28 bits per heavy atom. The van der Waals surface area contributed by atoms with Crippen LogP contribution in [0.2, 0.25) is 0 Å². The highest BCUT2D eigenvalue weighted by Gasteiger charge is 2.24. The minimum absolute atomic E-state index is 0.00211. The smallest absolute Gasteiger partial charge is 0.293 e. The first-order chi connectivity index (χ1) is 15.4. The number of hydrazone groups is 1. The van der Waals surface area contributed by atoms with E-state index in [1.54, 1.807) is 37.0 Å². The van der Waals surface area contributed by atoms with Crippen LogP contribution in [-0.4, -0.2) is 51.7 Å². The van der Waals surface area contributed by atoms with Crippen molar-refractivity contribution in [2.24, 2.45) is 12.1 Å². The zero-order valence-corrected chi connectivity index (χ0v) is 17.6. The van der Waals surface area contributed by atoms with Crippen molar-refractivity contribution in [1.29, 1.82) is 0 Å². The average molecular weight is 457 g/mol. The van der Waals surface area contributed by atoms with E-state index in [1.165, 1.54) is 28.6 Å². The average Bonchev–Trinajstić information content (AvgIpc) is 3.50. The maximum atomic E-state index is 13.1. The number of carbonyl (C=O) groups is 1. The number of nitrogens with one attached hydrogen (secondary N) is 1. The van der Waals surface area contributed by atoms with Crippen molar-refractivity contribution in [2.75, 3.05) is 5.73 Å². The van der Waals surface area contributed by atoms with Gasteiger partial charge < -0.3 is 10.3 Å². The molecule has 4 aromatic rings. The van der Waals surface area contributed by atoms with Crippen molar-refractivity contribution in [1.82, 2.24) is 45.5 Å². The molecule has 0 aliphatic carbocycles. The Labute approximate surface area is 183 Å². The molecule has 0 bridgehead atoms. The van der Waals surface area contributed by atoms with E-state index in [-0.39, 0.29) is 28.9 Å². The first-order valence-electron chi connectivity index (χ1n) is 9.04. The fourth-order valence-electron chi connectivity index (χ4n) is 2.59. The summed E-state index contributed by atoms with van der Waals surface area (Å²) in [6.45, 7) is 1.68. The highest BCUT2D eigenvalue weighted by atomic mass is 32.2. The van der Waals surface area contributed by atoms with Gasteiger partial charge in [0.15, 0.2) is 10.9 Å². The highest BCUT2D eigenvalue weighted by Crippen LogP contribution is 2.24. The Morgan fingerprint density at radius 3 is 2.72 bits per heavy atom. The molecule has 164 valence electrons. The van der Waals surface area contributed by atoms with E-state index in [0.29, 0.717) is 22.1 Å². The number of aromatic nitrogens is 8. The second-order valence-electron chi connectivity index (χ2n) is 6.43. The molecule has 0 fully saturated rings. The van der Waals surface area contributed by atoms with Crippen LogP contribution < -0.4 is 11.2 Å². The molecule has 0 saturated heterocycles. The van der Waals surface area contributed by atoms with Gasteiger partial charge in [-0.2, -0.15) is 9.78 Å². The van der Waals surface area contributed by atoms with Crippen molar-refractivity contribution in [3.05, 3.63) is 53.4 Å². The monoisotopic (exact) mass is 457 g/mol. The summed E-state index contributed by atoms with van der Waals surface area (Å²) in [5.41, 5.74) is 9.70. The van der Waals surface area contributed by atoms with E-state index in [9.17, 15) is 9.18 Å². The molecular formula is C17H16FN11O2S. The summed E-state index contributed by atoms with van der Waals surface area (Å²) in [7, 11) is 1.79. The molecular weight excluding hydrogens is 441 g/mol. The fraction of sp³-hybridized carbons (Fsp3) is 0.176. The summed E-state index contributed by atoms with van der Waals surface area (Å²) in [5, 5.41) is 27.7. The second-order valence-corrected chi connectivity index (χ2v) is 7.37. The van der Waals surface area contributed by atoms with Gasteiger partial charge in [0.1, 0.15) is 12.1 Å². The normalized spacial score (nSPS) is 11.7. The predicted molar refractivity (Wildman–Crippen MR) is 110 cm³/mol. The van der Waals surface area contributed by atoms with Gasteiger partial charge in [0, 0.05) is 12.8 Å². The van der Waals surface area contributed by atoms with Gasteiger partial charge in [0.05, 0.1) is 11.4 Å². The standard InChI is InChI=1S/C17H16FN11O2S/c1-9(10-3-5-11(18)6-4-10)21-23-16(30)13-12(7-32-17-24-20-8-28(17)2)29(27-22-13)15-14(19)25-31-26-15/h3-6,8H,7H2,1-2H3,(H2,19,25)(H,23,30). The van der Waals surface area contributed by atoms with E-state index < -0.39 is 5.91 Å². The summed E-state index contributed by atoms with van der Waals surface area (Å²) in [6.07, 6.45) is 1.55. The topological polar surface area (TPSA) is 168 Å². The third kappa shape index (κ3) is 4.31. The van der Waals surface area contributed by atoms with Crippen LogP contribution in [0, 0.1) is 5.82 Å². The molecule has 0 radical (unpaired) electrons. The Morgan fingerprint density at radius 2 is 2.06 bits per heavy atom. The van der Waals surface area contributed by atoms with Crippen molar-refractivity contribution in [3.8, 4) is 5.82 Å². The lowest BCUT2D eigenvalue weighted by Crippen LogP contribution is -2.21. The van der Waals surface area contributed by atoms with Crippen LogP contribution in [0.15, 0.2) is 45.5 Å². The minimum Gasteiger partial charge on any atom is -0.378 e. The molecule has 15 heteroatoms. The van der Waals surface area contributed by atoms with Crippen LogP contribution >= 0.6 is 11.8 Å². The van der Waals surface area contributed by atoms with Crippen molar-refractivity contribution in [2.45, 2.75) is 17.8 Å².